The van der Waals surface area contributed by atoms with Gasteiger partial charge in [0.1, 0.15) is 0 Å². The molecule has 0 fully saturated rings. The van der Waals surface area contributed by atoms with Crippen molar-refractivity contribution in [2.75, 3.05) is 13.1 Å². The highest BCUT2D eigenvalue weighted by Crippen LogP contribution is 2.20. The Balaban J connectivity index is 2.27. The Hall–Kier alpha value is -2.10. The smallest absolute Gasteiger partial charge is 0.274 e. The number of carbonyl (C=O) groups is 1. The molecule has 0 aliphatic carbocycles. The molecule has 1 aromatic heterocycles. The fraction of sp³-hybridized carbons (Fsp3) is 0.412. The summed E-state index contributed by atoms with van der Waals surface area (Å²) in [6.07, 6.45) is 1.92. The number of rotatable bonds is 6. The summed E-state index contributed by atoms with van der Waals surface area (Å²) in [5.74, 6) is 0.0245. The van der Waals surface area contributed by atoms with Crippen molar-refractivity contribution >= 4 is 5.91 Å². The van der Waals surface area contributed by atoms with Gasteiger partial charge in [-0.05, 0) is 24.5 Å². The first-order valence-electron chi connectivity index (χ1n) is 7.56. The normalized spacial score (nSPS) is 10.6. The molecule has 0 N–H and O–H groups in total. The molecule has 0 aliphatic rings. The van der Waals surface area contributed by atoms with Gasteiger partial charge >= 0.3 is 0 Å². The van der Waals surface area contributed by atoms with E-state index in [9.17, 15) is 4.79 Å². The van der Waals surface area contributed by atoms with Gasteiger partial charge in [0.25, 0.3) is 5.91 Å². The van der Waals surface area contributed by atoms with Crippen LogP contribution in [0.5, 0.6) is 0 Å². The molecule has 0 spiro atoms. The lowest BCUT2D eigenvalue weighted by atomic mass is 10.1. The topological polar surface area (TPSA) is 38.1 Å². The molecule has 1 amide bonds. The maximum absolute atomic E-state index is 12.6. The van der Waals surface area contributed by atoms with E-state index >= 15 is 0 Å². The van der Waals surface area contributed by atoms with Crippen molar-refractivity contribution in [2.45, 2.75) is 26.7 Å². The summed E-state index contributed by atoms with van der Waals surface area (Å²) in [6.45, 7) is 5.74. The molecule has 21 heavy (non-hydrogen) atoms. The number of carbonyl (C=O) groups excluding carboxylic acids is 1. The van der Waals surface area contributed by atoms with E-state index in [0.29, 0.717) is 5.69 Å². The third-order valence-electron chi connectivity index (χ3n) is 3.44. The lowest BCUT2D eigenvalue weighted by Crippen LogP contribution is -2.32. The van der Waals surface area contributed by atoms with E-state index in [1.165, 1.54) is 0 Å². The van der Waals surface area contributed by atoms with Gasteiger partial charge in [-0.1, -0.05) is 44.2 Å². The van der Waals surface area contributed by atoms with Crippen LogP contribution in [0.15, 0.2) is 36.4 Å². The Labute approximate surface area is 126 Å². The van der Waals surface area contributed by atoms with E-state index < -0.39 is 0 Å². The molecule has 1 aromatic carbocycles. The van der Waals surface area contributed by atoms with Crippen molar-refractivity contribution in [1.29, 1.82) is 0 Å². The third kappa shape index (κ3) is 3.51. The van der Waals surface area contributed by atoms with E-state index in [0.717, 1.165) is 37.2 Å². The van der Waals surface area contributed by atoms with Gasteiger partial charge in [-0.25, -0.2) is 0 Å². The number of hydrogen-bond donors (Lipinski definition) is 0. The predicted molar refractivity (Wildman–Crippen MR) is 85.1 cm³/mol. The van der Waals surface area contributed by atoms with Gasteiger partial charge in [-0.2, -0.15) is 5.10 Å². The molecule has 0 atom stereocenters. The SMILES string of the molecule is CCCN(CCC)C(=O)c1cc(-c2ccccc2)n(C)n1. The molecule has 2 aromatic rings. The average Bonchev–Trinajstić information content (AvgIpc) is 2.89. The number of aryl methyl sites for hydroxylation is 1. The quantitative estimate of drug-likeness (QED) is 0.816. The zero-order valence-electron chi connectivity index (χ0n) is 13.0. The first-order valence-corrected chi connectivity index (χ1v) is 7.56. The van der Waals surface area contributed by atoms with Crippen LogP contribution in [0.25, 0.3) is 11.3 Å². The first kappa shape index (κ1) is 15.3. The van der Waals surface area contributed by atoms with Crippen LogP contribution in [0.4, 0.5) is 0 Å². The Morgan fingerprint density at radius 2 is 1.76 bits per heavy atom. The van der Waals surface area contributed by atoms with Gasteiger partial charge in [0.05, 0.1) is 5.69 Å². The molecule has 2 rings (SSSR count). The average molecular weight is 285 g/mol. The lowest BCUT2D eigenvalue weighted by molar-refractivity contribution is 0.0749. The number of aromatic nitrogens is 2. The van der Waals surface area contributed by atoms with Gasteiger partial charge in [-0.15, -0.1) is 0 Å². The Morgan fingerprint density at radius 3 is 2.33 bits per heavy atom. The van der Waals surface area contributed by atoms with Crippen LogP contribution in [0.3, 0.4) is 0 Å². The molecular weight excluding hydrogens is 262 g/mol. The van der Waals surface area contributed by atoms with Gasteiger partial charge in [0.2, 0.25) is 0 Å². The summed E-state index contributed by atoms with van der Waals surface area (Å²) in [5.41, 5.74) is 2.56. The third-order valence-corrected chi connectivity index (χ3v) is 3.44. The highest BCUT2D eigenvalue weighted by Gasteiger charge is 2.19. The zero-order chi connectivity index (χ0) is 15.2. The second kappa shape index (κ2) is 7.07. The maximum atomic E-state index is 12.6. The number of nitrogens with zero attached hydrogens (tertiary/aromatic N) is 3. The van der Waals surface area contributed by atoms with Crippen molar-refractivity contribution < 1.29 is 4.79 Å². The molecule has 0 radical (unpaired) electrons. The fourth-order valence-electron chi connectivity index (χ4n) is 2.47. The number of amides is 1. The molecule has 0 saturated carbocycles. The Kier molecular flexibility index (Phi) is 5.14. The van der Waals surface area contributed by atoms with Crippen LogP contribution in [0.1, 0.15) is 37.2 Å². The minimum Gasteiger partial charge on any atom is -0.337 e. The van der Waals surface area contributed by atoms with E-state index in [1.807, 2.05) is 48.3 Å². The molecule has 112 valence electrons. The lowest BCUT2D eigenvalue weighted by Gasteiger charge is -2.20. The molecule has 4 heteroatoms. The largest absolute Gasteiger partial charge is 0.337 e. The molecule has 1 heterocycles. The summed E-state index contributed by atoms with van der Waals surface area (Å²) in [7, 11) is 1.88. The summed E-state index contributed by atoms with van der Waals surface area (Å²) in [5, 5.41) is 4.40. The van der Waals surface area contributed by atoms with Crippen LogP contribution in [-0.4, -0.2) is 33.7 Å². The molecule has 4 nitrogen and oxygen atoms in total. The van der Waals surface area contributed by atoms with Crippen molar-refractivity contribution in [2.24, 2.45) is 7.05 Å². The standard InChI is InChI=1S/C17H23N3O/c1-4-11-20(12-5-2)17(21)15-13-16(19(3)18-15)14-9-7-6-8-10-14/h6-10,13H,4-5,11-12H2,1-3H3. The molecular formula is C17H23N3O. The van der Waals surface area contributed by atoms with Gasteiger partial charge in [0.15, 0.2) is 5.69 Å². The summed E-state index contributed by atoms with van der Waals surface area (Å²) >= 11 is 0. The van der Waals surface area contributed by atoms with Crippen LogP contribution in [-0.2, 0) is 7.05 Å². The second-order valence-electron chi connectivity index (χ2n) is 5.20. The summed E-state index contributed by atoms with van der Waals surface area (Å²) in [6, 6.07) is 11.9. The maximum Gasteiger partial charge on any atom is 0.274 e. The zero-order valence-corrected chi connectivity index (χ0v) is 13.0. The molecule has 0 unspecified atom stereocenters. The molecule has 0 bridgehead atoms. The Bertz CT molecular complexity index is 583. The highest BCUT2D eigenvalue weighted by atomic mass is 16.2. The van der Waals surface area contributed by atoms with Crippen LogP contribution >= 0.6 is 0 Å². The fourth-order valence-corrected chi connectivity index (χ4v) is 2.47. The van der Waals surface area contributed by atoms with Gasteiger partial charge in [0, 0.05) is 20.1 Å². The molecule has 0 aliphatic heterocycles. The van der Waals surface area contributed by atoms with Crippen molar-refractivity contribution in [1.82, 2.24) is 14.7 Å². The van der Waals surface area contributed by atoms with Crippen LogP contribution < -0.4 is 0 Å². The van der Waals surface area contributed by atoms with Crippen LogP contribution in [0, 0.1) is 0 Å². The predicted octanol–water partition coefficient (Wildman–Crippen LogP) is 3.35. The monoisotopic (exact) mass is 285 g/mol. The number of benzene rings is 1. The highest BCUT2D eigenvalue weighted by molar-refractivity contribution is 5.93. The summed E-state index contributed by atoms with van der Waals surface area (Å²) < 4.78 is 1.78. The van der Waals surface area contributed by atoms with E-state index in [-0.39, 0.29) is 5.91 Å². The minimum atomic E-state index is 0.0245. The van der Waals surface area contributed by atoms with E-state index in [4.69, 9.17) is 0 Å². The number of hydrogen-bond acceptors (Lipinski definition) is 2. The van der Waals surface area contributed by atoms with Crippen molar-refractivity contribution in [3.8, 4) is 11.3 Å². The van der Waals surface area contributed by atoms with Crippen molar-refractivity contribution in [3.05, 3.63) is 42.1 Å². The summed E-state index contributed by atoms with van der Waals surface area (Å²) in [4.78, 5) is 14.5. The second-order valence-corrected chi connectivity index (χ2v) is 5.20. The van der Waals surface area contributed by atoms with E-state index in [1.54, 1.807) is 4.68 Å². The minimum absolute atomic E-state index is 0.0245. The van der Waals surface area contributed by atoms with Crippen LogP contribution in [0.2, 0.25) is 0 Å². The van der Waals surface area contributed by atoms with Gasteiger partial charge < -0.3 is 4.90 Å². The van der Waals surface area contributed by atoms with Crippen molar-refractivity contribution in [3.63, 3.8) is 0 Å². The Morgan fingerprint density at radius 1 is 1.14 bits per heavy atom. The first-order chi connectivity index (χ1) is 10.2. The van der Waals surface area contributed by atoms with Gasteiger partial charge in [-0.3, -0.25) is 9.48 Å². The van der Waals surface area contributed by atoms with E-state index in [2.05, 4.69) is 18.9 Å². The molecule has 0 saturated heterocycles.